The molecule has 0 radical (unpaired) electrons. The SMILES string of the molecule is CC(C)CNc1nc(-c2ccccc2)cc2c(-c3ccc(C(=O)NC4CC4)cc3)cnn12. The molecule has 1 aliphatic rings. The molecule has 1 saturated carbocycles. The number of hydrogen-bond donors (Lipinski definition) is 2. The first-order chi connectivity index (χ1) is 15.6. The summed E-state index contributed by atoms with van der Waals surface area (Å²) < 4.78 is 1.86. The van der Waals surface area contributed by atoms with Crippen LogP contribution in [-0.4, -0.2) is 33.1 Å². The van der Waals surface area contributed by atoms with Crippen LogP contribution in [0.25, 0.3) is 27.9 Å². The van der Waals surface area contributed by atoms with E-state index in [2.05, 4.69) is 47.8 Å². The third-order valence-corrected chi connectivity index (χ3v) is 5.62. The maximum atomic E-state index is 12.3. The number of aromatic nitrogens is 3. The Balaban J connectivity index is 1.54. The number of amides is 1. The highest BCUT2D eigenvalue weighted by Crippen LogP contribution is 2.30. The van der Waals surface area contributed by atoms with E-state index in [0.717, 1.165) is 53.2 Å². The van der Waals surface area contributed by atoms with E-state index < -0.39 is 0 Å². The molecule has 162 valence electrons. The lowest BCUT2D eigenvalue weighted by Gasteiger charge is -2.12. The Kier molecular flexibility index (Phi) is 5.35. The fraction of sp³-hybridized carbons (Fsp3) is 0.269. The van der Waals surface area contributed by atoms with Crippen LogP contribution in [0.5, 0.6) is 0 Å². The summed E-state index contributed by atoms with van der Waals surface area (Å²) in [5.41, 5.74) is 5.63. The van der Waals surface area contributed by atoms with Gasteiger partial charge in [0.15, 0.2) is 0 Å². The van der Waals surface area contributed by atoms with Crippen LogP contribution in [0.15, 0.2) is 66.9 Å². The van der Waals surface area contributed by atoms with E-state index in [1.165, 1.54) is 0 Å². The first-order valence-corrected chi connectivity index (χ1v) is 11.2. The summed E-state index contributed by atoms with van der Waals surface area (Å²) >= 11 is 0. The Hall–Kier alpha value is -3.67. The molecule has 0 atom stereocenters. The smallest absolute Gasteiger partial charge is 0.251 e. The lowest BCUT2D eigenvalue weighted by atomic mass is 10.0. The molecule has 6 nitrogen and oxygen atoms in total. The molecule has 5 rings (SSSR count). The molecule has 1 aliphatic carbocycles. The number of rotatable bonds is 7. The van der Waals surface area contributed by atoms with Gasteiger partial charge in [-0.25, -0.2) is 4.98 Å². The number of benzene rings is 2. The zero-order valence-corrected chi connectivity index (χ0v) is 18.4. The Labute approximate surface area is 187 Å². The topological polar surface area (TPSA) is 71.3 Å². The van der Waals surface area contributed by atoms with Crippen molar-refractivity contribution < 1.29 is 4.79 Å². The Morgan fingerprint density at radius 3 is 2.50 bits per heavy atom. The quantitative estimate of drug-likeness (QED) is 0.436. The fourth-order valence-corrected chi connectivity index (χ4v) is 3.68. The summed E-state index contributed by atoms with van der Waals surface area (Å²) in [5.74, 6) is 1.20. The van der Waals surface area contributed by atoms with Gasteiger partial charge in [0.05, 0.1) is 17.4 Å². The second-order valence-corrected chi connectivity index (χ2v) is 8.79. The summed E-state index contributed by atoms with van der Waals surface area (Å²) in [7, 11) is 0. The summed E-state index contributed by atoms with van der Waals surface area (Å²) in [6.45, 7) is 5.14. The average molecular weight is 426 g/mol. The maximum Gasteiger partial charge on any atom is 0.251 e. The highest BCUT2D eigenvalue weighted by atomic mass is 16.1. The fourth-order valence-electron chi connectivity index (χ4n) is 3.68. The minimum Gasteiger partial charge on any atom is -0.354 e. The van der Waals surface area contributed by atoms with Crippen molar-refractivity contribution in [1.29, 1.82) is 0 Å². The summed E-state index contributed by atoms with van der Waals surface area (Å²) in [6.07, 6.45) is 4.03. The molecular formula is C26H27N5O. The monoisotopic (exact) mass is 425 g/mol. The average Bonchev–Trinajstić information content (AvgIpc) is 3.53. The molecule has 2 heterocycles. The summed E-state index contributed by atoms with van der Waals surface area (Å²) in [5, 5.41) is 11.1. The largest absolute Gasteiger partial charge is 0.354 e. The van der Waals surface area contributed by atoms with E-state index in [-0.39, 0.29) is 5.91 Å². The molecule has 4 aromatic rings. The van der Waals surface area contributed by atoms with Gasteiger partial charge in [-0.15, -0.1) is 0 Å². The molecule has 6 heteroatoms. The van der Waals surface area contributed by atoms with Crippen LogP contribution in [0.1, 0.15) is 37.0 Å². The van der Waals surface area contributed by atoms with E-state index in [9.17, 15) is 4.79 Å². The van der Waals surface area contributed by atoms with Crippen molar-refractivity contribution in [3.8, 4) is 22.4 Å². The molecule has 2 aromatic heterocycles. The molecule has 0 bridgehead atoms. The van der Waals surface area contributed by atoms with Gasteiger partial charge in [-0.1, -0.05) is 56.3 Å². The van der Waals surface area contributed by atoms with E-state index in [1.807, 2.05) is 53.2 Å². The lowest BCUT2D eigenvalue weighted by Crippen LogP contribution is -2.25. The summed E-state index contributed by atoms with van der Waals surface area (Å²) in [6, 6.07) is 20.3. The Morgan fingerprint density at radius 1 is 1.06 bits per heavy atom. The zero-order chi connectivity index (χ0) is 22.1. The number of carbonyl (C=O) groups is 1. The van der Waals surface area contributed by atoms with Crippen LogP contribution in [0.4, 0.5) is 5.95 Å². The van der Waals surface area contributed by atoms with Gasteiger partial charge >= 0.3 is 0 Å². The normalized spacial score (nSPS) is 13.5. The first-order valence-electron chi connectivity index (χ1n) is 11.2. The number of nitrogens with one attached hydrogen (secondary N) is 2. The standard InChI is InChI=1S/C26H27N5O/c1-17(2)15-27-26-30-23(19-6-4-3-5-7-19)14-24-22(16-28-31(24)26)18-8-10-20(11-9-18)25(32)29-21-12-13-21/h3-11,14,16-17,21H,12-13,15H2,1-2H3,(H,27,30)(H,29,32). The third-order valence-electron chi connectivity index (χ3n) is 5.62. The van der Waals surface area contributed by atoms with Gasteiger partial charge in [-0.2, -0.15) is 9.61 Å². The number of hydrogen-bond acceptors (Lipinski definition) is 4. The Bertz CT molecular complexity index is 1240. The van der Waals surface area contributed by atoms with E-state index >= 15 is 0 Å². The second kappa shape index (κ2) is 8.46. The molecule has 2 N–H and O–H groups in total. The molecule has 0 aliphatic heterocycles. The lowest BCUT2D eigenvalue weighted by molar-refractivity contribution is 0.0951. The van der Waals surface area contributed by atoms with Gasteiger partial charge in [0, 0.05) is 29.3 Å². The minimum absolute atomic E-state index is 0.00495. The molecule has 32 heavy (non-hydrogen) atoms. The predicted molar refractivity (Wildman–Crippen MR) is 128 cm³/mol. The number of carbonyl (C=O) groups excluding carboxylic acids is 1. The van der Waals surface area contributed by atoms with Crippen molar-refractivity contribution in [2.24, 2.45) is 5.92 Å². The third kappa shape index (κ3) is 4.21. The number of anilines is 1. The molecule has 2 aromatic carbocycles. The molecule has 1 amide bonds. The van der Waals surface area contributed by atoms with Gasteiger partial charge in [-0.05, 0) is 42.5 Å². The van der Waals surface area contributed by atoms with Gasteiger partial charge < -0.3 is 10.6 Å². The van der Waals surface area contributed by atoms with Crippen LogP contribution in [0.2, 0.25) is 0 Å². The van der Waals surface area contributed by atoms with Crippen LogP contribution < -0.4 is 10.6 Å². The van der Waals surface area contributed by atoms with Crippen molar-refractivity contribution in [1.82, 2.24) is 19.9 Å². The molecule has 0 spiro atoms. The van der Waals surface area contributed by atoms with Crippen molar-refractivity contribution in [3.63, 3.8) is 0 Å². The minimum atomic E-state index is -0.00495. The first kappa shape index (κ1) is 20.2. The van der Waals surface area contributed by atoms with Crippen molar-refractivity contribution in [3.05, 3.63) is 72.4 Å². The van der Waals surface area contributed by atoms with E-state index in [4.69, 9.17) is 4.98 Å². The molecule has 1 fully saturated rings. The van der Waals surface area contributed by atoms with Crippen molar-refractivity contribution >= 4 is 17.4 Å². The Morgan fingerprint density at radius 2 is 1.81 bits per heavy atom. The van der Waals surface area contributed by atoms with E-state index in [1.54, 1.807) is 0 Å². The highest BCUT2D eigenvalue weighted by Gasteiger charge is 2.23. The van der Waals surface area contributed by atoms with Crippen LogP contribution in [0, 0.1) is 5.92 Å². The molecular weight excluding hydrogens is 398 g/mol. The maximum absolute atomic E-state index is 12.3. The number of fused-ring (bicyclic) bond motifs is 1. The van der Waals surface area contributed by atoms with Gasteiger partial charge in [0.1, 0.15) is 0 Å². The molecule has 0 unspecified atom stereocenters. The van der Waals surface area contributed by atoms with Gasteiger partial charge in [-0.3, -0.25) is 4.79 Å². The van der Waals surface area contributed by atoms with E-state index in [0.29, 0.717) is 17.5 Å². The number of nitrogens with zero attached hydrogens (tertiary/aromatic N) is 3. The van der Waals surface area contributed by atoms with Crippen molar-refractivity contribution in [2.45, 2.75) is 32.7 Å². The zero-order valence-electron chi connectivity index (χ0n) is 18.4. The second-order valence-electron chi connectivity index (χ2n) is 8.79. The van der Waals surface area contributed by atoms with Gasteiger partial charge in [0.25, 0.3) is 5.91 Å². The van der Waals surface area contributed by atoms with Crippen molar-refractivity contribution in [2.75, 3.05) is 11.9 Å². The highest BCUT2D eigenvalue weighted by molar-refractivity contribution is 5.95. The van der Waals surface area contributed by atoms with Crippen LogP contribution in [0.3, 0.4) is 0 Å². The summed E-state index contributed by atoms with van der Waals surface area (Å²) in [4.78, 5) is 17.2. The molecule has 0 saturated heterocycles. The van der Waals surface area contributed by atoms with Crippen LogP contribution >= 0.6 is 0 Å². The predicted octanol–water partition coefficient (Wildman–Crippen LogP) is 5.02. The van der Waals surface area contributed by atoms with Crippen LogP contribution in [-0.2, 0) is 0 Å². The van der Waals surface area contributed by atoms with Gasteiger partial charge in [0.2, 0.25) is 5.95 Å².